The number of allylic oxidation sites excluding steroid dienone is 2. The number of fused-ring (bicyclic) bond motifs is 1. The fourth-order valence-corrected chi connectivity index (χ4v) is 3.90. The van der Waals surface area contributed by atoms with E-state index in [1.165, 1.54) is 11.1 Å². The number of hydrogen-bond donors (Lipinski definition) is 0. The molecule has 3 rings (SSSR count). The second-order valence-electron chi connectivity index (χ2n) is 8.63. The third-order valence-corrected chi connectivity index (χ3v) is 6.04. The van der Waals surface area contributed by atoms with Gasteiger partial charge in [-0.3, -0.25) is 4.99 Å². The standard InChI is InChI=1S/C28H33F2NO/c1-6-8-27(28(5,29)30)31-25(7-2)22-11-9-21(10-12-22)23-13-14-26-24(18-23)17-20(4)19(3)15-16-32-26/h7,9-15,18,20H,6,8,16-17H2,1-5H3. The van der Waals surface area contributed by atoms with Crippen LogP contribution in [-0.4, -0.2) is 18.2 Å². The minimum Gasteiger partial charge on any atom is -0.489 e. The Balaban J connectivity index is 1.88. The molecule has 0 spiro atoms. The molecule has 0 radical (unpaired) electrons. The molecule has 0 aliphatic carbocycles. The van der Waals surface area contributed by atoms with Gasteiger partial charge in [-0.25, -0.2) is 8.78 Å². The van der Waals surface area contributed by atoms with E-state index in [0.29, 0.717) is 24.6 Å². The van der Waals surface area contributed by atoms with E-state index >= 15 is 0 Å². The van der Waals surface area contributed by atoms with E-state index in [4.69, 9.17) is 4.74 Å². The van der Waals surface area contributed by atoms with E-state index in [1.54, 1.807) is 6.08 Å². The van der Waals surface area contributed by atoms with Crippen molar-refractivity contribution in [2.24, 2.45) is 10.9 Å². The van der Waals surface area contributed by atoms with Crippen molar-refractivity contribution in [1.29, 1.82) is 0 Å². The normalized spacial score (nSPS) is 17.7. The molecule has 1 unspecified atom stereocenters. The van der Waals surface area contributed by atoms with Gasteiger partial charge in [0.1, 0.15) is 12.4 Å². The Labute approximate surface area is 190 Å². The van der Waals surface area contributed by atoms with Crippen molar-refractivity contribution in [1.82, 2.24) is 0 Å². The van der Waals surface area contributed by atoms with Gasteiger partial charge in [0.15, 0.2) is 0 Å². The summed E-state index contributed by atoms with van der Waals surface area (Å²) in [5.74, 6) is -1.51. The van der Waals surface area contributed by atoms with Crippen LogP contribution in [0.25, 0.3) is 16.8 Å². The van der Waals surface area contributed by atoms with Crippen molar-refractivity contribution in [3.05, 3.63) is 71.3 Å². The maximum atomic E-state index is 13.9. The lowest BCUT2D eigenvalue weighted by atomic mass is 9.91. The quantitative estimate of drug-likeness (QED) is 0.330. The van der Waals surface area contributed by atoms with Gasteiger partial charge in [0.2, 0.25) is 0 Å². The summed E-state index contributed by atoms with van der Waals surface area (Å²) >= 11 is 0. The predicted molar refractivity (Wildman–Crippen MR) is 131 cm³/mol. The second kappa shape index (κ2) is 10.2. The van der Waals surface area contributed by atoms with Crippen LogP contribution in [0.4, 0.5) is 8.78 Å². The van der Waals surface area contributed by atoms with Gasteiger partial charge in [0.25, 0.3) is 5.92 Å². The molecular formula is C28H33F2NO. The minimum absolute atomic E-state index is 0.0719. The van der Waals surface area contributed by atoms with E-state index in [2.05, 4.69) is 37.0 Å². The number of alkyl halides is 2. The summed E-state index contributed by atoms with van der Waals surface area (Å²) in [6.07, 6.45) is 5.79. The minimum atomic E-state index is -2.92. The lowest BCUT2D eigenvalue weighted by molar-refractivity contribution is 0.0980. The maximum absolute atomic E-state index is 13.9. The molecule has 32 heavy (non-hydrogen) atoms. The van der Waals surface area contributed by atoms with Crippen LogP contribution >= 0.6 is 0 Å². The summed E-state index contributed by atoms with van der Waals surface area (Å²) in [6, 6.07) is 14.3. The first-order valence-electron chi connectivity index (χ1n) is 11.4. The number of halogens is 2. The van der Waals surface area contributed by atoms with Crippen LogP contribution in [0.1, 0.15) is 58.6 Å². The van der Waals surface area contributed by atoms with Gasteiger partial charge < -0.3 is 4.74 Å². The summed E-state index contributed by atoms with van der Waals surface area (Å²) in [7, 11) is 0. The first-order chi connectivity index (χ1) is 15.2. The summed E-state index contributed by atoms with van der Waals surface area (Å²) in [5, 5.41) is 0. The van der Waals surface area contributed by atoms with Crippen LogP contribution in [-0.2, 0) is 6.42 Å². The zero-order valence-electron chi connectivity index (χ0n) is 19.7. The second-order valence-corrected chi connectivity index (χ2v) is 8.63. The van der Waals surface area contributed by atoms with Gasteiger partial charge in [-0.1, -0.05) is 62.2 Å². The van der Waals surface area contributed by atoms with Crippen molar-refractivity contribution in [2.45, 2.75) is 59.8 Å². The molecule has 1 atom stereocenters. The van der Waals surface area contributed by atoms with Crippen LogP contribution < -0.4 is 4.74 Å². The Morgan fingerprint density at radius 1 is 1.16 bits per heavy atom. The Bertz CT molecular complexity index is 1030. The zero-order chi connectivity index (χ0) is 23.3. The summed E-state index contributed by atoms with van der Waals surface area (Å²) < 4.78 is 33.8. The molecule has 2 aromatic carbocycles. The van der Waals surface area contributed by atoms with E-state index in [1.807, 2.05) is 44.2 Å². The average Bonchev–Trinajstić information content (AvgIpc) is 2.76. The molecule has 0 N–H and O–H groups in total. The van der Waals surface area contributed by atoms with Gasteiger partial charge >= 0.3 is 0 Å². The fourth-order valence-electron chi connectivity index (χ4n) is 3.90. The topological polar surface area (TPSA) is 21.6 Å². The van der Waals surface area contributed by atoms with Crippen LogP contribution in [0, 0.1) is 5.92 Å². The van der Waals surface area contributed by atoms with Crippen molar-refractivity contribution in [3.8, 4) is 16.9 Å². The largest absolute Gasteiger partial charge is 0.489 e. The van der Waals surface area contributed by atoms with Gasteiger partial charge in [0.05, 0.1) is 11.4 Å². The third-order valence-electron chi connectivity index (χ3n) is 6.04. The van der Waals surface area contributed by atoms with Gasteiger partial charge in [0, 0.05) is 6.92 Å². The molecule has 1 aliphatic heterocycles. The lowest BCUT2D eigenvalue weighted by Gasteiger charge is -2.20. The number of hydrogen-bond acceptors (Lipinski definition) is 2. The van der Waals surface area contributed by atoms with E-state index < -0.39 is 5.92 Å². The molecule has 2 nitrogen and oxygen atoms in total. The highest BCUT2D eigenvalue weighted by Gasteiger charge is 2.28. The van der Waals surface area contributed by atoms with Crippen molar-refractivity contribution < 1.29 is 13.5 Å². The Hall–Kier alpha value is -2.75. The van der Waals surface area contributed by atoms with Crippen molar-refractivity contribution >= 4 is 11.4 Å². The molecule has 0 aromatic heterocycles. The molecule has 1 heterocycles. The SMILES string of the molecule is CC=C(N=C(CCC)C(C)(F)F)c1ccc(-c2ccc3c(c2)CC(C)C(C)=CCO3)cc1. The summed E-state index contributed by atoms with van der Waals surface area (Å²) in [6.45, 7) is 9.63. The van der Waals surface area contributed by atoms with E-state index in [9.17, 15) is 8.78 Å². The van der Waals surface area contributed by atoms with Crippen LogP contribution in [0.5, 0.6) is 5.75 Å². The zero-order valence-corrected chi connectivity index (χ0v) is 19.7. The fraction of sp³-hybridized carbons (Fsp3) is 0.393. The molecule has 4 heteroatoms. The first-order valence-corrected chi connectivity index (χ1v) is 11.4. The molecule has 2 aromatic rings. The number of nitrogens with zero attached hydrogens (tertiary/aromatic N) is 1. The molecule has 170 valence electrons. The number of rotatable bonds is 6. The van der Waals surface area contributed by atoms with Crippen LogP contribution in [0.3, 0.4) is 0 Å². The number of ether oxygens (including phenoxy) is 1. The highest BCUT2D eigenvalue weighted by atomic mass is 19.3. The molecule has 0 fully saturated rings. The van der Waals surface area contributed by atoms with Gasteiger partial charge in [-0.15, -0.1) is 0 Å². The highest BCUT2D eigenvalue weighted by molar-refractivity contribution is 5.95. The number of benzene rings is 2. The van der Waals surface area contributed by atoms with Crippen LogP contribution in [0.2, 0.25) is 0 Å². The van der Waals surface area contributed by atoms with Crippen LogP contribution in [0.15, 0.2) is 65.2 Å². The Kier molecular flexibility index (Phi) is 7.65. The predicted octanol–water partition coefficient (Wildman–Crippen LogP) is 8.13. The molecule has 0 amide bonds. The molecule has 0 saturated heterocycles. The lowest BCUT2D eigenvalue weighted by Crippen LogP contribution is -2.24. The van der Waals surface area contributed by atoms with Gasteiger partial charge in [-0.05, 0) is 73.1 Å². The van der Waals surface area contributed by atoms with Crippen molar-refractivity contribution in [2.75, 3.05) is 6.61 Å². The average molecular weight is 438 g/mol. The van der Waals surface area contributed by atoms with Gasteiger partial charge in [-0.2, -0.15) is 0 Å². The Morgan fingerprint density at radius 2 is 1.84 bits per heavy atom. The number of aliphatic imine (C=N–C) groups is 1. The molecule has 0 saturated carbocycles. The summed E-state index contributed by atoms with van der Waals surface area (Å²) in [4.78, 5) is 4.33. The first kappa shape index (κ1) is 23.9. The highest BCUT2D eigenvalue weighted by Crippen LogP contribution is 2.32. The maximum Gasteiger partial charge on any atom is 0.283 e. The van der Waals surface area contributed by atoms with E-state index in [-0.39, 0.29) is 12.1 Å². The van der Waals surface area contributed by atoms with Crippen molar-refractivity contribution in [3.63, 3.8) is 0 Å². The molecule has 1 aliphatic rings. The molecule has 0 bridgehead atoms. The molecular weight excluding hydrogens is 404 g/mol. The monoisotopic (exact) mass is 437 g/mol. The smallest absolute Gasteiger partial charge is 0.283 e. The Morgan fingerprint density at radius 3 is 2.47 bits per heavy atom. The van der Waals surface area contributed by atoms with E-state index in [0.717, 1.165) is 35.8 Å². The summed E-state index contributed by atoms with van der Waals surface area (Å²) in [5.41, 5.74) is 6.09. The third kappa shape index (κ3) is 5.73.